The summed E-state index contributed by atoms with van der Waals surface area (Å²) in [4.78, 5) is 0. The van der Waals surface area contributed by atoms with Crippen LogP contribution in [0.15, 0.2) is 36.4 Å². The summed E-state index contributed by atoms with van der Waals surface area (Å²) in [6.07, 6.45) is 3.36. The quantitative estimate of drug-likeness (QED) is 0.719. The third-order valence-corrected chi connectivity index (χ3v) is 1.99. The van der Waals surface area contributed by atoms with Gasteiger partial charge in [0.1, 0.15) is 6.61 Å². The Morgan fingerprint density at radius 1 is 1.36 bits per heavy atom. The van der Waals surface area contributed by atoms with Crippen LogP contribution in [-0.4, -0.2) is 24.4 Å². The average molecular weight is 192 g/mol. The number of benzene rings is 1. The molecule has 0 fully saturated rings. The topological polar surface area (TPSA) is 38.7 Å². The highest BCUT2D eigenvalue weighted by atomic mass is 16.6. The number of aliphatic hydroxyl groups is 1. The molecule has 3 heteroatoms. The molecule has 1 aliphatic heterocycles. The maximum Gasteiger partial charge on any atom is 0.162 e. The monoisotopic (exact) mass is 192 g/mol. The average Bonchev–Trinajstić information content (AvgIpc) is 2.26. The van der Waals surface area contributed by atoms with Crippen molar-refractivity contribution < 1.29 is 14.6 Å². The van der Waals surface area contributed by atoms with E-state index in [1.165, 1.54) is 0 Å². The van der Waals surface area contributed by atoms with E-state index in [0.717, 1.165) is 11.5 Å². The number of hydrogen-bond donors (Lipinski definition) is 1. The van der Waals surface area contributed by atoms with Gasteiger partial charge in [0.25, 0.3) is 0 Å². The summed E-state index contributed by atoms with van der Waals surface area (Å²) in [6.45, 7) is 0.523. The van der Waals surface area contributed by atoms with Crippen LogP contribution >= 0.6 is 0 Å². The van der Waals surface area contributed by atoms with Gasteiger partial charge in [-0.3, -0.25) is 0 Å². The molecule has 0 aliphatic carbocycles. The highest BCUT2D eigenvalue weighted by Gasteiger charge is 2.17. The number of para-hydroxylation sites is 2. The lowest BCUT2D eigenvalue weighted by Crippen LogP contribution is -2.27. The Balaban J connectivity index is 2.09. The van der Waals surface area contributed by atoms with Gasteiger partial charge in [0, 0.05) is 0 Å². The fourth-order valence-corrected chi connectivity index (χ4v) is 1.34. The number of hydrogen-bond acceptors (Lipinski definition) is 3. The molecular weight excluding hydrogens is 180 g/mol. The van der Waals surface area contributed by atoms with Gasteiger partial charge in [-0.15, -0.1) is 0 Å². The van der Waals surface area contributed by atoms with Crippen molar-refractivity contribution in [2.24, 2.45) is 0 Å². The SMILES string of the molecule is OC/C=C/C1COc2ccccc2O1. The minimum absolute atomic E-state index is 0.0293. The molecule has 1 aliphatic rings. The molecule has 0 aromatic heterocycles. The van der Waals surface area contributed by atoms with Gasteiger partial charge in [-0.05, 0) is 18.2 Å². The van der Waals surface area contributed by atoms with E-state index in [1.54, 1.807) is 12.2 Å². The smallest absolute Gasteiger partial charge is 0.162 e. The maximum absolute atomic E-state index is 8.61. The summed E-state index contributed by atoms with van der Waals surface area (Å²) in [5, 5.41) is 8.61. The van der Waals surface area contributed by atoms with E-state index in [2.05, 4.69) is 0 Å². The van der Waals surface area contributed by atoms with Gasteiger partial charge in [0.15, 0.2) is 17.6 Å². The molecule has 3 nitrogen and oxygen atoms in total. The molecule has 0 bridgehead atoms. The summed E-state index contributed by atoms with van der Waals surface area (Å²) >= 11 is 0. The maximum atomic E-state index is 8.61. The van der Waals surface area contributed by atoms with Crippen LogP contribution in [0.25, 0.3) is 0 Å². The number of aliphatic hydroxyl groups excluding tert-OH is 1. The van der Waals surface area contributed by atoms with E-state index < -0.39 is 0 Å². The zero-order valence-electron chi connectivity index (χ0n) is 7.72. The molecule has 0 amide bonds. The van der Waals surface area contributed by atoms with Crippen LogP contribution < -0.4 is 9.47 Å². The van der Waals surface area contributed by atoms with Crippen LogP contribution in [0.3, 0.4) is 0 Å². The molecule has 1 aromatic carbocycles. The van der Waals surface area contributed by atoms with Crippen molar-refractivity contribution in [3.05, 3.63) is 36.4 Å². The molecule has 14 heavy (non-hydrogen) atoms. The molecule has 0 radical (unpaired) electrons. The Kier molecular flexibility index (Phi) is 2.70. The van der Waals surface area contributed by atoms with Gasteiger partial charge < -0.3 is 14.6 Å². The van der Waals surface area contributed by atoms with Gasteiger partial charge in [-0.1, -0.05) is 18.2 Å². The second kappa shape index (κ2) is 4.15. The van der Waals surface area contributed by atoms with Crippen molar-refractivity contribution in [1.29, 1.82) is 0 Å². The van der Waals surface area contributed by atoms with Crippen LogP contribution in [0.2, 0.25) is 0 Å². The van der Waals surface area contributed by atoms with Crippen molar-refractivity contribution in [2.45, 2.75) is 6.10 Å². The highest BCUT2D eigenvalue weighted by Crippen LogP contribution is 2.30. The summed E-state index contributed by atoms with van der Waals surface area (Å²) in [5.41, 5.74) is 0. The molecule has 2 rings (SSSR count). The van der Waals surface area contributed by atoms with E-state index in [0.29, 0.717) is 6.61 Å². The predicted molar refractivity (Wildman–Crippen MR) is 52.6 cm³/mol. The first kappa shape index (κ1) is 9.09. The third-order valence-electron chi connectivity index (χ3n) is 1.99. The van der Waals surface area contributed by atoms with Gasteiger partial charge in [-0.2, -0.15) is 0 Å². The van der Waals surface area contributed by atoms with E-state index in [9.17, 15) is 0 Å². The Hall–Kier alpha value is -1.48. The minimum atomic E-state index is -0.1000. The molecular formula is C11H12O3. The molecule has 0 spiro atoms. The summed E-state index contributed by atoms with van der Waals surface area (Å²) in [6, 6.07) is 7.56. The lowest BCUT2D eigenvalue weighted by molar-refractivity contribution is 0.122. The fourth-order valence-electron chi connectivity index (χ4n) is 1.34. The largest absolute Gasteiger partial charge is 0.485 e. The van der Waals surface area contributed by atoms with Crippen molar-refractivity contribution in [3.8, 4) is 11.5 Å². The Bertz CT molecular complexity index is 333. The van der Waals surface area contributed by atoms with Gasteiger partial charge in [0.05, 0.1) is 6.61 Å². The Morgan fingerprint density at radius 2 is 2.14 bits per heavy atom. The molecule has 0 saturated heterocycles. The zero-order valence-corrected chi connectivity index (χ0v) is 7.72. The Labute approximate surface area is 82.6 Å². The van der Waals surface area contributed by atoms with Crippen molar-refractivity contribution in [2.75, 3.05) is 13.2 Å². The van der Waals surface area contributed by atoms with E-state index in [-0.39, 0.29) is 12.7 Å². The molecule has 1 heterocycles. The van der Waals surface area contributed by atoms with E-state index in [4.69, 9.17) is 14.6 Å². The summed E-state index contributed by atoms with van der Waals surface area (Å²) < 4.78 is 11.1. The fraction of sp³-hybridized carbons (Fsp3) is 0.273. The van der Waals surface area contributed by atoms with E-state index in [1.807, 2.05) is 24.3 Å². The predicted octanol–water partition coefficient (Wildman–Crippen LogP) is 1.37. The lowest BCUT2D eigenvalue weighted by atomic mass is 10.2. The van der Waals surface area contributed by atoms with Crippen molar-refractivity contribution >= 4 is 0 Å². The van der Waals surface area contributed by atoms with E-state index >= 15 is 0 Å². The number of ether oxygens (including phenoxy) is 2. The van der Waals surface area contributed by atoms with Gasteiger partial charge >= 0.3 is 0 Å². The first-order valence-corrected chi connectivity index (χ1v) is 4.56. The molecule has 1 N–H and O–H groups in total. The summed E-state index contributed by atoms with van der Waals surface area (Å²) in [5.74, 6) is 1.53. The molecule has 1 aromatic rings. The van der Waals surface area contributed by atoms with Crippen LogP contribution in [0.4, 0.5) is 0 Å². The zero-order chi connectivity index (χ0) is 9.80. The minimum Gasteiger partial charge on any atom is -0.485 e. The normalized spacial score (nSPS) is 19.9. The van der Waals surface area contributed by atoms with Crippen LogP contribution in [0.1, 0.15) is 0 Å². The Morgan fingerprint density at radius 3 is 2.93 bits per heavy atom. The first-order chi connectivity index (χ1) is 6.90. The number of fused-ring (bicyclic) bond motifs is 1. The number of rotatable bonds is 2. The molecule has 1 unspecified atom stereocenters. The second-order valence-corrected chi connectivity index (χ2v) is 3.02. The van der Waals surface area contributed by atoms with Crippen LogP contribution in [0, 0.1) is 0 Å². The van der Waals surface area contributed by atoms with Crippen molar-refractivity contribution in [3.63, 3.8) is 0 Å². The first-order valence-electron chi connectivity index (χ1n) is 4.56. The van der Waals surface area contributed by atoms with Crippen LogP contribution in [-0.2, 0) is 0 Å². The molecule has 1 atom stereocenters. The summed E-state index contributed by atoms with van der Waals surface area (Å²) in [7, 11) is 0. The lowest BCUT2D eigenvalue weighted by Gasteiger charge is -2.24. The second-order valence-electron chi connectivity index (χ2n) is 3.02. The van der Waals surface area contributed by atoms with Gasteiger partial charge in [0.2, 0.25) is 0 Å². The third kappa shape index (κ3) is 1.88. The van der Waals surface area contributed by atoms with Crippen LogP contribution in [0.5, 0.6) is 11.5 Å². The molecule has 0 saturated carbocycles. The standard InChI is InChI=1S/C11H12O3/c12-7-3-4-9-8-13-10-5-1-2-6-11(10)14-9/h1-6,9,12H,7-8H2/b4-3+. The van der Waals surface area contributed by atoms with Crippen molar-refractivity contribution in [1.82, 2.24) is 0 Å². The van der Waals surface area contributed by atoms with Gasteiger partial charge in [-0.25, -0.2) is 0 Å². The highest BCUT2D eigenvalue weighted by molar-refractivity contribution is 5.41. The molecule has 74 valence electrons.